The van der Waals surface area contributed by atoms with Crippen LogP contribution in [0.25, 0.3) is 0 Å². The summed E-state index contributed by atoms with van der Waals surface area (Å²) in [7, 11) is -16.7. The Balaban J connectivity index is 2.14. The van der Waals surface area contributed by atoms with Gasteiger partial charge >= 0.3 is 29.2 Å². The largest absolute Gasteiger partial charge is 0.490 e. The molecule has 176 valence electrons. The minimum absolute atomic E-state index is 0.114. The summed E-state index contributed by atoms with van der Waals surface area (Å²) in [5, 5.41) is 10.5. The van der Waals surface area contributed by atoms with Crippen LogP contribution >= 0.6 is 23.5 Å². The third kappa shape index (κ3) is 7.39. The molecule has 2 rings (SSSR count). The molecule has 3 unspecified atom stereocenters. The number of nitrogens with one attached hydrogen (secondary N) is 1. The van der Waals surface area contributed by atoms with E-state index in [1.807, 2.05) is 4.98 Å². The lowest BCUT2D eigenvalue weighted by Gasteiger charge is -2.20. The highest BCUT2D eigenvalue weighted by Gasteiger charge is 2.46. The molecule has 0 spiro atoms. The van der Waals surface area contributed by atoms with Gasteiger partial charge in [0.1, 0.15) is 12.3 Å². The highest BCUT2D eigenvalue weighted by molar-refractivity contribution is 7.66. The first-order valence-electron chi connectivity index (χ1n) is 8.18. The smallest absolute Gasteiger partial charge is 0.390 e. The van der Waals surface area contributed by atoms with Crippen molar-refractivity contribution in [1.82, 2.24) is 9.55 Å². The molecule has 1 fully saturated rings. The Bertz CT molecular complexity index is 1060. The molecule has 31 heavy (non-hydrogen) atoms. The first kappa shape index (κ1) is 26.0. The number of aliphatic hydroxyl groups is 1. The van der Waals surface area contributed by atoms with Crippen molar-refractivity contribution in [3.63, 3.8) is 0 Å². The molecule has 1 saturated heterocycles. The van der Waals surface area contributed by atoms with Gasteiger partial charge in [-0.2, -0.15) is 8.62 Å². The molecule has 0 amide bonds. The van der Waals surface area contributed by atoms with Crippen LogP contribution in [0.4, 0.5) is 0 Å². The zero-order valence-electron chi connectivity index (χ0n) is 15.4. The Morgan fingerprint density at radius 3 is 2.35 bits per heavy atom. The number of ether oxygens (including phenoxy) is 1. The van der Waals surface area contributed by atoms with Crippen LogP contribution in [-0.2, 0) is 31.6 Å². The van der Waals surface area contributed by atoms with E-state index in [4.69, 9.17) is 19.4 Å². The molecule has 0 aliphatic carbocycles. The Morgan fingerprint density at radius 2 is 1.81 bits per heavy atom. The van der Waals surface area contributed by atoms with Crippen molar-refractivity contribution in [2.45, 2.75) is 24.9 Å². The van der Waals surface area contributed by atoms with Crippen LogP contribution in [0, 0.1) is 5.92 Å². The van der Waals surface area contributed by atoms with E-state index in [9.17, 15) is 33.3 Å². The highest BCUT2D eigenvalue weighted by atomic mass is 31.3. The third-order valence-electron chi connectivity index (χ3n) is 3.88. The standard InChI is InChI=1S/C12H19N2O14P3/c1-2-3-7-10(16)8(26-11(7)14-5-4-9(15)13-12(14)17)6-25-30(21,22)28-31(23,24)27-29(18,19)20/h2,4-5,7-8,10-11,16H,1,3,6H2,(H,21,22)(H,23,24)(H,13,15,17)(H2,18,19,20)/t7?,8-,10+,11-/m1/s1. The van der Waals surface area contributed by atoms with Crippen LogP contribution in [0.2, 0.25) is 0 Å². The van der Waals surface area contributed by atoms with Crippen LogP contribution in [0.15, 0.2) is 34.5 Å². The molecule has 0 radical (unpaired) electrons. The molecule has 6 atom stereocenters. The number of H-pyrrole nitrogens is 1. The van der Waals surface area contributed by atoms with Crippen LogP contribution in [0.1, 0.15) is 12.6 Å². The molecule has 16 nitrogen and oxygen atoms in total. The maximum absolute atomic E-state index is 12.0. The number of allylic oxidation sites excluding steroid dienone is 1. The summed E-state index contributed by atoms with van der Waals surface area (Å²) in [4.78, 5) is 60.9. The Kier molecular flexibility index (Phi) is 8.15. The molecular weight excluding hydrogens is 489 g/mol. The summed E-state index contributed by atoms with van der Waals surface area (Å²) in [6.45, 7) is 2.61. The van der Waals surface area contributed by atoms with E-state index in [2.05, 4.69) is 19.7 Å². The molecule has 19 heteroatoms. The van der Waals surface area contributed by atoms with Crippen LogP contribution < -0.4 is 11.2 Å². The molecule has 1 aliphatic rings. The maximum Gasteiger partial charge on any atom is 0.490 e. The molecule has 0 bridgehead atoms. The predicted molar refractivity (Wildman–Crippen MR) is 99.4 cm³/mol. The monoisotopic (exact) mass is 508 g/mol. The lowest BCUT2D eigenvalue weighted by atomic mass is 9.96. The van der Waals surface area contributed by atoms with Crippen molar-refractivity contribution < 1.29 is 56.3 Å². The van der Waals surface area contributed by atoms with Gasteiger partial charge in [0, 0.05) is 18.2 Å². The van der Waals surface area contributed by atoms with Gasteiger partial charge in [-0.3, -0.25) is 18.9 Å². The van der Waals surface area contributed by atoms with E-state index >= 15 is 0 Å². The second kappa shape index (κ2) is 9.71. The number of hydrogen-bond donors (Lipinski definition) is 6. The topological polar surface area (TPSA) is 244 Å². The first-order valence-corrected chi connectivity index (χ1v) is 12.7. The Morgan fingerprint density at radius 1 is 1.16 bits per heavy atom. The summed E-state index contributed by atoms with van der Waals surface area (Å²) in [6, 6.07) is 1.03. The number of aromatic amines is 1. The molecule has 1 aromatic heterocycles. The third-order valence-corrected chi connectivity index (χ3v) is 7.68. The van der Waals surface area contributed by atoms with Gasteiger partial charge in [-0.25, -0.2) is 18.5 Å². The number of rotatable bonds is 10. The quantitative estimate of drug-likeness (QED) is 0.170. The van der Waals surface area contributed by atoms with E-state index in [-0.39, 0.29) is 6.42 Å². The Labute approximate surface area is 173 Å². The van der Waals surface area contributed by atoms with Crippen molar-refractivity contribution in [2.75, 3.05) is 6.61 Å². The van der Waals surface area contributed by atoms with Gasteiger partial charge in [0.2, 0.25) is 0 Å². The zero-order chi connectivity index (χ0) is 23.6. The zero-order valence-corrected chi connectivity index (χ0v) is 18.0. The van der Waals surface area contributed by atoms with E-state index in [1.54, 1.807) is 0 Å². The number of phosphoric acid groups is 3. The fraction of sp³-hybridized carbons (Fsp3) is 0.500. The lowest BCUT2D eigenvalue weighted by Crippen LogP contribution is -2.34. The first-order chi connectivity index (χ1) is 14.1. The molecule has 0 saturated carbocycles. The van der Waals surface area contributed by atoms with Gasteiger partial charge in [0.15, 0.2) is 0 Å². The average Bonchev–Trinajstić information content (AvgIpc) is 2.86. The number of aromatic nitrogens is 2. The summed E-state index contributed by atoms with van der Waals surface area (Å²) in [5.41, 5.74) is -1.53. The van der Waals surface area contributed by atoms with Crippen LogP contribution in [0.3, 0.4) is 0 Å². The molecule has 1 aliphatic heterocycles. The van der Waals surface area contributed by atoms with Gasteiger partial charge in [-0.05, 0) is 6.42 Å². The van der Waals surface area contributed by atoms with Crippen LogP contribution in [-0.4, -0.2) is 53.0 Å². The van der Waals surface area contributed by atoms with Gasteiger partial charge in [0.05, 0.1) is 12.7 Å². The van der Waals surface area contributed by atoms with Crippen molar-refractivity contribution in [3.05, 3.63) is 45.8 Å². The minimum atomic E-state index is -5.70. The van der Waals surface area contributed by atoms with Gasteiger partial charge in [-0.15, -0.1) is 6.58 Å². The number of phosphoric ester groups is 1. The van der Waals surface area contributed by atoms with E-state index in [1.165, 1.54) is 6.08 Å². The van der Waals surface area contributed by atoms with Crippen molar-refractivity contribution in [3.8, 4) is 0 Å². The fourth-order valence-electron chi connectivity index (χ4n) is 2.76. The van der Waals surface area contributed by atoms with Crippen LogP contribution in [0.5, 0.6) is 0 Å². The van der Waals surface area contributed by atoms with E-state index in [0.29, 0.717) is 0 Å². The Hall–Kier alpha value is -1.25. The number of hydrogen-bond acceptors (Lipinski definition) is 10. The van der Waals surface area contributed by atoms with Gasteiger partial charge in [0.25, 0.3) is 5.56 Å². The van der Waals surface area contributed by atoms with Crippen molar-refractivity contribution in [2.24, 2.45) is 5.92 Å². The highest BCUT2D eigenvalue weighted by Crippen LogP contribution is 2.66. The maximum atomic E-state index is 12.0. The minimum Gasteiger partial charge on any atom is -0.390 e. The lowest BCUT2D eigenvalue weighted by molar-refractivity contribution is -0.0471. The average molecular weight is 508 g/mol. The van der Waals surface area contributed by atoms with Gasteiger partial charge < -0.3 is 29.4 Å². The van der Waals surface area contributed by atoms with E-state index < -0.39 is 65.7 Å². The molecule has 1 aromatic rings. The number of aliphatic hydroxyl groups excluding tert-OH is 1. The van der Waals surface area contributed by atoms with Crippen molar-refractivity contribution >= 4 is 23.5 Å². The van der Waals surface area contributed by atoms with Crippen molar-refractivity contribution in [1.29, 1.82) is 0 Å². The molecule has 2 heterocycles. The van der Waals surface area contributed by atoms with Gasteiger partial charge in [-0.1, -0.05) is 6.08 Å². The summed E-state index contributed by atoms with van der Waals surface area (Å²) in [6.07, 6.45) is -1.27. The normalized spacial score (nSPS) is 28.0. The second-order valence-corrected chi connectivity index (χ2v) is 10.6. The summed E-state index contributed by atoms with van der Waals surface area (Å²) in [5.74, 6) is -0.810. The van der Waals surface area contributed by atoms with E-state index in [0.717, 1.165) is 16.8 Å². The molecule has 0 aromatic carbocycles. The molecule has 6 N–H and O–H groups in total. The summed E-state index contributed by atoms with van der Waals surface area (Å²) >= 11 is 0. The predicted octanol–water partition coefficient (Wildman–Crippen LogP) is -0.670. The number of nitrogens with zero attached hydrogens (tertiary/aromatic N) is 1. The molecular formula is C12H19N2O14P3. The second-order valence-electron chi connectivity index (χ2n) is 6.15. The fourth-order valence-corrected chi connectivity index (χ4v) is 5.79. The SMILES string of the molecule is C=CCC1[C@H](n2ccc(=O)[nH]c2=O)O[C@H](COP(=O)(O)OP(=O)(O)OP(=O)(O)O)[C@H]1O. The summed E-state index contributed by atoms with van der Waals surface area (Å²) < 4.78 is 51.9.